The van der Waals surface area contributed by atoms with Gasteiger partial charge in [-0.2, -0.15) is 13.2 Å². The summed E-state index contributed by atoms with van der Waals surface area (Å²) >= 11 is 1.15. The number of likely N-dealkylation sites (tertiary alicyclic amines) is 1. The van der Waals surface area contributed by atoms with E-state index in [0.29, 0.717) is 17.0 Å². The van der Waals surface area contributed by atoms with Crippen molar-refractivity contribution in [3.8, 4) is 0 Å². The first-order chi connectivity index (χ1) is 13.7. The van der Waals surface area contributed by atoms with Gasteiger partial charge in [0.1, 0.15) is 0 Å². The van der Waals surface area contributed by atoms with Crippen molar-refractivity contribution in [2.75, 3.05) is 18.3 Å². The second-order valence-electron chi connectivity index (χ2n) is 7.12. The third kappa shape index (κ3) is 4.87. The number of benzene rings is 2. The zero-order chi connectivity index (χ0) is 21.2. The number of aryl methyl sites for hydroxylation is 1. The summed E-state index contributed by atoms with van der Waals surface area (Å²) in [6.07, 6.45) is -1.87. The number of halogens is 3. The second kappa shape index (κ2) is 8.67. The Hall–Kier alpha value is -2.19. The first kappa shape index (κ1) is 21.5. The van der Waals surface area contributed by atoms with Gasteiger partial charge >= 0.3 is 12.1 Å². The number of carboxylic acids is 1. The number of carbonyl (C=O) groups is 1. The van der Waals surface area contributed by atoms with Gasteiger partial charge in [0.25, 0.3) is 0 Å². The van der Waals surface area contributed by atoms with Gasteiger partial charge in [0, 0.05) is 16.6 Å². The van der Waals surface area contributed by atoms with Crippen LogP contribution in [0.3, 0.4) is 0 Å². The maximum absolute atomic E-state index is 13.3. The molecule has 0 aliphatic carbocycles. The summed E-state index contributed by atoms with van der Waals surface area (Å²) in [5, 5.41) is 9.24. The normalized spacial score (nSPS) is 17.5. The standard InChI is InChI=1S/C21H23F3N2O2S/c1-3-13-6-7-14(20(27)28)11-19(13)29-25-17-12-15(21(22,23)24)8-9-16(17)18-5-4-10-26(18)2/h6-9,11-12,18,25H,3-5,10H2,1-2H3,(H,27,28). The van der Waals surface area contributed by atoms with Gasteiger partial charge in [-0.25, -0.2) is 4.79 Å². The van der Waals surface area contributed by atoms with Gasteiger partial charge in [-0.15, -0.1) is 0 Å². The summed E-state index contributed by atoms with van der Waals surface area (Å²) in [6, 6.07) is 8.69. The van der Waals surface area contributed by atoms with Crippen LogP contribution in [0.4, 0.5) is 18.9 Å². The van der Waals surface area contributed by atoms with Gasteiger partial charge in [-0.1, -0.05) is 19.1 Å². The van der Waals surface area contributed by atoms with Gasteiger partial charge in [0.05, 0.1) is 11.1 Å². The van der Waals surface area contributed by atoms with E-state index in [0.717, 1.165) is 54.6 Å². The molecule has 0 amide bonds. The number of hydrogen-bond acceptors (Lipinski definition) is 4. The van der Waals surface area contributed by atoms with Crippen LogP contribution in [0.25, 0.3) is 0 Å². The molecule has 0 bridgehead atoms. The minimum absolute atomic E-state index is 0.0522. The number of anilines is 1. The molecule has 1 atom stereocenters. The summed E-state index contributed by atoms with van der Waals surface area (Å²) in [5.74, 6) is -1.04. The molecule has 3 rings (SSSR count). The van der Waals surface area contributed by atoms with E-state index in [1.54, 1.807) is 18.2 Å². The molecule has 2 N–H and O–H groups in total. The lowest BCUT2D eigenvalue weighted by atomic mass is 10.0. The van der Waals surface area contributed by atoms with Crippen LogP contribution in [0.5, 0.6) is 0 Å². The fourth-order valence-electron chi connectivity index (χ4n) is 3.60. The number of rotatable bonds is 6. The maximum atomic E-state index is 13.3. The van der Waals surface area contributed by atoms with E-state index in [9.17, 15) is 23.1 Å². The zero-order valence-corrected chi connectivity index (χ0v) is 17.0. The highest BCUT2D eigenvalue weighted by Crippen LogP contribution is 2.40. The second-order valence-corrected chi connectivity index (χ2v) is 7.97. The molecule has 2 aromatic rings. The van der Waals surface area contributed by atoms with Crippen molar-refractivity contribution in [2.45, 2.75) is 43.3 Å². The van der Waals surface area contributed by atoms with Crippen LogP contribution in [0.2, 0.25) is 0 Å². The van der Waals surface area contributed by atoms with E-state index in [1.165, 1.54) is 6.07 Å². The van der Waals surface area contributed by atoms with Gasteiger partial charge in [0.15, 0.2) is 0 Å². The number of alkyl halides is 3. The lowest BCUT2D eigenvalue weighted by Gasteiger charge is -2.24. The molecule has 1 heterocycles. The topological polar surface area (TPSA) is 52.6 Å². The van der Waals surface area contributed by atoms with Crippen molar-refractivity contribution in [3.05, 3.63) is 58.7 Å². The molecule has 0 saturated carbocycles. The average Bonchev–Trinajstić information content (AvgIpc) is 3.10. The third-order valence-corrected chi connectivity index (χ3v) is 6.15. The molecule has 0 spiro atoms. The smallest absolute Gasteiger partial charge is 0.416 e. The molecule has 0 aromatic heterocycles. The van der Waals surface area contributed by atoms with E-state index < -0.39 is 17.7 Å². The van der Waals surface area contributed by atoms with E-state index >= 15 is 0 Å². The Morgan fingerprint density at radius 3 is 2.62 bits per heavy atom. The van der Waals surface area contributed by atoms with E-state index in [4.69, 9.17) is 0 Å². The Morgan fingerprint density at radius 1 is 1.28 bits per heavy atom. The van der Waals surface area contributed by atoms with E-state index in [2.05, 4.69) is 9.62 Å². The molecule has 8 heteroatoms. The van der Waals surface area contributed by atoms with Crippen LogP contribution < -0.4 is 4.72 Å². The van der Waals surface area contributed by atoms with Crippen LogP contribution in [0, 0.1) is 0 Å². The van der Waals surface area contributed by atoms with Crippen LogP contribution >= 0.6 is 11.9 Å². The van der Waals surface area contributed by atoms with E-state index in [-0.39, 0.29) is 11.6 Å². The number of nitrogens with zero attached hydrogens (tertiary/aromatic N) is 1. The largest absolute Gasteiger partial charge is 0.478 e. The molecular formula is C21H23F3N2O2S. The Labute approximate surface area is 172 Å². The van der Waals surface area contributed by atoms with Crippen molar-refractivity contribution in [1.82, 2.24) is 4.90 Å². The van der Waals surface area contributed by atoms with Crippen LogP contribution in [-0.4, -0.2) is 29.6 Å². The predicted octanol–water partition coefficient (Wildman–Crippen LogP) is 5.85. The minimum atomic E-state index is -4.43. The molecule has 156 valence electrons. The van der Waals surface area contributed by atoms with Crippen molar-refractivity contribution in [1.29, 1.82) is 0 Å². The predicted molar refractivity (Wildman–Crippen MR) is 108 cm³/mol. The van der Waals surface area contributed by atoms with Crippen LogP contribution in [0.15, 0.2) is 41.3 Å². The maximum Gasteiger partial charge on any atom is 0.416 e. The Morgan fingerprint density at radius 2 is 2.03 bits per heavy atom. The highest BCUT2D eigenvalue weighted by Gasteiger charge is 2.33. The molecule has 4 nitrogen and oxygen atoms in total. The van der Waals surface area contributed by atoms with Crippen LogP contribution in [0.1, 0.15) is 52.9 Å². The van der Waals surface area contributed by atoms with Gasteiger partial charge in [-0.3, -0.25) is 4.90 Å². The Balaban J connectivity index is 1.95. The lowest BCUT2D eigenvalue weighted by Crippen LogP contribution is -2.19. The first-order valence-electron chi connectivity index (χ1n) is 9.41. The quantitative estimate of drug-likeness (QED) is 0.570. The fourth-order valence-corrected chi connectivity index (χ4v) is 4.53. The zero-order valence-electron chi connectivity index (χ0n) is 16.2. The summed E-state index contributed by atoms with van der Waals surface area (Å²) in [4.78, 5) is 14.1. The van der Waals surface area contributed by atoms with Gasteiger partial charge in [-0.05, 0) is 80.2 Å². The minimum Gasteiger partial charge on any atom is -0.478 e. The third-order valence-electron chi connectivity index (χ3n) is 5.23. The molecule has 1 unspecified atom stereocenters. The average molecular weight is 424 g/mol. The number of hydrogen-bond donors (Lipinski definition) is 2. The van der Waals surface area contributed by atoms with E-state index in [1.807, 2.05) is 14.0 Å². The van der Waals surface area contributed by atoms with Gasteiger partial charge < -0.3 is 9.83 Å². The molecule has 2 aromatic carbocycles. The summed E-state index contributed by atoms with van der Waals surface area (Å²) in [5.41, 5.74) is 1.59. The van der Waals surface area contributed by atoms with Crippen molar-refractivity contribution in [2.24, 2.45) is 0 Å². The van der Waals surface area contributed by atoms with Crippen molar-refractivity contribution < 1.29 is 23.1 Å². The highest BCUT2D eigenvalue weighted by atomic mass is 32.2. The highest BCUT2D eigenvalue weighted by molar-refractivity contribution is 8.00. The summed E-state index contributed by atoms with van der Waals surface area (Å²) in [7, 11) is 1.97. The number of carboxylic acid groups (broad SMARTS) is 1. The fraction of sp³-hybridized carbons (Fsp3) is 0.381. The molecule has 1 aliphatic heterocycles. The van der Waals surface area contributed by atoms with Crippen molar-refractivity contribution in [3.63, 3.8) is 0 Å². The summed E-state index contributed by atoms with van der Waals surface area (Å²) < 4.78 is 42.9. The monoisotopic (exact) mass is 424 g/mol. The molecule has 1 saturated heterocycles. The lowest BCUT2D eigenvalue weighted by molar-refractivity contribution is -0.137. The number of nitrogens with one attached hydrogen (secondary N) is 1. The van der Waals surface area contributed by atoms with Crippen LogP contribution in [-0.2, 0) is 12.6 Å². The summed E-state index contributed by atoms with van der Waals surface area (Å²) in [6.45, 7) is 2.85. The number of aromatic carboxylic acids is 1. The van der Waals surface area contributed by atoms with Crippen molar-refractivity contribution >= 4 is 23.6 Å². The Bertz CT molecular complexity index is 902. The van der Waals surface area contributed by atoms with Gasteiger partial charge in [0.2, 0.25) is 0 Å². The molecule has 1 aliphatic rings. The SMILES string of the molecule is CCc1ccc(C(=O)O)cc1SNc1cc(C(F)(F)F)ccc1C1CCCN1C. The molecule has 29 heavy (non-hydrogen) atoms. The molecule has 0 radical (unpaired) electrons. The first-order valence-corrected chi connectivity index (χ1v) is 10.2. The molecule has 1 fully saturated rings. The Kier molecular flexibility index (Phi) is 6.43. The molecular weight excluding hydrogens is 401 g/mol.